The number of nitrogens with one attached hydrogen (secondary N) is 1. The van der Waals surface area contributed by atoms with Gasteiger partial charge in [0.25, 0.3) is 0 Å². The number of nitrogens with zero attached hydrogens (tertiary/aromatic N) is 3. The Morgan fingerprint density at radius 1 is 1.09 bits per heavy atom. The number of urea groups is 2. The van der Waals surface area contributed by atoms with Gasteiger partial charge in [-0.05, 0) is 34.6 Å². The SMILES string of the molecule is CC(=O)C(C)(C)C(=O)N1C(=O)N(C)[C@]2(C)N(C)C(=O)N[C@]12C. The van der Waals surface area contributed by atoms with Crippen LogP contribution in [-0.4, -0.2) is 63.9 Å². The van der Waals surface area contributed by atoms with Gasteiger partial charge in [0.15, 0.2) is 11.3 Å². The second-order valence-corrected chi connectivity index (χ2v) is 6.75. The third kappa shape index (κ3) is 1.52. The lowest BCUT2D eigenvalue weighted by atomic mass is 9.85. The Bertz CT molecular complexity index is 602. The lowest BCUT2D eigenvalue weighted by Crippen LogP contribution is -2.65. The number of ketones is 1. The number of likely N-dealkylation sites (N-methyl/N-ethyl adjacent to an activating group) is 2. The van der Waals surface area contributed by atoms with Crippen LogP contribution in [0.2, 0.25) is 0 Å². The Morgan fingerprint density at radius 2 is 1.59 bits per heavy atom. The van der Waals surface area contributed by atoms with Crippen LogP contribution >= 0.6 is 0 Å². The molecule has 2 rings (SSSR count). The van der Waals surface area contributed by atoms with E-state index in [1.165, 1.54) is 37.6 Å². The first-order chi connectivity index (χ1) is 9.83. The van der Waals surface area contributed by atoms with Crippen molar-refractivity contribution < 1.29 is 19.2 Å². The van der Waals surface area contributed by atoms with Crippen LogP contribution in [0.15, 0.2) is 0 Å². The number of rotatable bonds is 2. The second kappa shape index (κ2) is 4.21. The molecule has 0 saturated carbocycles. The van der Waals surface area contributed by atoms with Gasteiger partial charge < -0.3 is 15.1 Å². The number of fused-ring (bicyclic) bond motifs is 1. The molecule has 8 heteroatoms. The summed E-state index contributed by atoms with van der Waals surface area (Å²) in [6.45, 7) is 7.58. The highest BCUT2D eigenvalue weighted by molar-refractivity contribution is 6.11. The topological polar surface area (TPSA) is 90.0 Å². The van der Waals surface area contributed by atoms with Crippen molar-refractivity contribution in [2.24, 2.45) is 5.41 Å². The summed E-state index contributed by atoms with van der Waals surface area (Å²) in [6.07, 6.45) is 0. The van der Waals surface area contributed by atoms with E-state index in [0.29, 0.717) is 0 Å². The third-order valence-electron chi connectivity index (χ3n) is 5.43. The van der Waals surface area contributed by atoms with E-state index in [1.54, 1.807) is 20.9 Å². The van der Waals surface area contributed by atoms with Crippen molar-refractivity contribution in [3.63, 3.8) is 0 Å². The maximum Gasteiger partial charge on any atom is 0.330 e. The molecule has 22 heavy (non-hydrogen) atoms. The van der Waals surface area contributed by atoms with Gasteiger partial charge in [-0.15, -0.1) is 0 Å². The van der Waals surface area contributed by atoms with Crippen molar-refractivity contribution in [1.29, 1.82) is 0 Å². The van der Waals surface area contributed by atoms with Crippen molar-refractivity contribution in [3.8, 4) is 0 Å². The van der Waals surface area contributed by atoms with E-state index >= 15 is 0 Å². The molecule has 0 aromatic rings. The van der Waals surface area contributed by atoms with Crippen LogP contribution in [0.4, 0.5) is 9.59 Å². The predicted molar refractivity (Wildman–Crippen MR) is 77.6 cm³/mol. The summed E-state index contributed by atoms with van der Waals surface area (Å²) in [5, 5.41) is 2.70. The Balaban J connectivity index is 2.59. The fourth-order valence-corrected chi connectivity index (χ4v) is 3.00. The number of carbonyl (C=O) groups excluding carboxylic acids is 4. The number of carbonyl (C=O) groups is 4. The summed E-state index contributed by atoms with van der Waals surface area (Å²) in [4.78, 5) is 53.1. The van der Waals surface area contributed by atoms with E-state index in [-0.39, 0.29) is 11.8 Å². The summed E-state index contributed by atoms with van der Waals surface area (Å²) in [5.41, 5.74) is -3.64. The number of Topliss-reactive ketones (excluding diaryl/α,β-unsaturated/α-hetero) is 1. The number of amides is 5. The lowest BCUT2D eigenvalue weighted by molar-refractivity contribution is -0.148. The summed E-state index contributed by atoms with van der Waals surface area (Å²) >= 11 is 0. The van der Waals surface area contributed by atoms with Crippen molar-refractivity contribution >= 4 is 23.8 Å². The molecule has 2 atom stereocenters. The maximum absolute atomic E-state index is 12.9. The molecule has 0 unspecified atom stereocenters. The Kier molecular flexibility index (Phi) is 3.11. The van der Waals surface area contributed by atoms with Gasteiger partial charge in [-0.25, -0.2) is 14.5 Å². The molecule has 0 aromatic heterocycles. The van der Waals surface area contributed by atoms with Crippen LogP contribution in [-0.2, 0) is 9.59 Å². The molecule has 0 radical (unpaired) electrons. The van der Waals surface area contributed by atoms with Crippen molar-refractivity contribution in [2.45, 2.75) is 45.9 Å². The normalized spacial score (nSPS) is 31.5. The molecule has 0 spiro atoms. The highest BCUT2D eigenvalue weighted by Crippen LogP contribution is 2.46. The molecule has 5 amide bonds. The highest BCUT2D eigenvalue weighted by atomic mass is 16.2. The number of hydrogen-bond acceptors (Lipinski definition) is 4. The van der Waals surface area contributed by atoms with Crippen LogP contribution in [0.25, 0.3) is 0 Å². The van der Waals surface area contributed by atoms with E-state index in [1.807, 2.05) is 0 Å². The molecule has 122 valence electrons. The largest absolute Gasteiger partial charge is 0.330 e. The summed E-state index contributed by atoms with van der Waals surface area (Å²) in [6, 6.07) is -0.932. The summed E-state index contributed by atoms with van der Waals surface area (Å²) in [5.74, 6) is -0.971. The molecular formula is C14H22N4O4. The van der Waals surface area contributed by atoms with Gasteiger partial charge in [-0.2, -0.15) is 0 Å². The molecule has 2 fully saturated rings. The molecule has 2 aliphatic rings. The first-order valence-corrected chi connectivity index (χ1v) is 7.03. The zero-order chi connectivity index (χ0) is 17.2. The van der Waals surface area contributed by atoms with Crippen LogP contribution < -0.4 is 5.32 Å². The zero-order valence-corrected chi connectivity index (χ0v) is 14.0. The molecule has 8 nitrogen and oxygen atoms in total. The van der Waals surface area contributed by atoms with Crippen LogP contribution in [0, 0.1) is 5.41 Å². The maximum atomic E-state index is 12.9. The van der Waals surface area contributed by atoms with Gasteiger partial charge in [-0.3, -0.25) is 9.59 Å². The Labute approximate surface area is 129 Å². The van der Waals surface area contributed by atoms with Crippen LogP contribution in [0.3, 0.4) is 0 Å². The molecule has 1 N–H and O–H groups in total. The van der Waals surface area contributed by atoms with Crippen molar-refractivity contribution in [3.05, 3.63) is 0 Å². The minimum Gasteiger partial charge on any atom is -0.311 e. The summed E-state index contributed by atoms with van der Waals surface area (Å²) in [7, 11) is 3.10. The van der Waals surface area contributed by atoms with Gasteiger partial charge in [0, 0.05) is 14.1 Å². The quantitative estimate of drug-likeness (QED) is 0.756. The second-order valence-electron chi connectivity index (χ2n) is 6.75. The molecule has 0 aromatic carbocycles. The fraction of sp³-hybridized carbons (Fsp3) is 0.714. The monoisotopic (exact) mass is 310 g/mol. The lowest BCUT2D eigenvalue weighted by Gasteiger charge is -2.41. The van der Waals surface area contributed by atoms with Gasteiger partial charge in [0.1, 0.15) is 11.2 Å². The molecular weight excluding hydrogens is 288 g/mol. The van der Waals surface area contributed by atoms with E-state index in [0.717, 1.165) is 4.90 Å². The molecule has 2 heterocycles. The smallest absolute Gasteiger partial charge is 0.311 e. The first-order valence-electron chi connectivity index (χ1n) is 7.03. The van der Waals surface area contributed by atoms with Gasteiger partial charge in [0.05, 0.1) is 0 Å². The molecule has 0 bridgehead atoms. The van der Waals surface area contributed by atoms with E-state index < -0.39 is 28.7 Å². The molecule has 0 aliphatic carbocycles. The average Bonchev–Trinajstić information content (AvgIpc) is 2.67. The van der Waals surface area contributed by atoms with Crippen LogP contribution in [0.1, 0.15) is 34.6 Å². The molecule has 2 saturated heterocycles. The highest BCUT2D eigenvalue weighted by Gasteiger charge is 2.71. The zero-order valence-electron chi connectivity index (χ0n) is 14.0. The van der Waals surface area contributed by atoms with Crippen LogP contribution in [0.5, 0.6) is 0 Å². The Hall–Kier alpha value is -2.12. The Morgan fingerprint density at radius 3 is 2.05 bits per heavy atom. The van der Waals surface area contributed by atoms with Gasteiger partial charge in [-0.1, -0.05) is 0 Å². The molecule has 2 aliphatic heterocycles. The van der Waals surface area contributed by atoms with E-state index in [4.69, 9.17) is 0 Å². The average molecular weight is 310 g/mol. The first kappa shape index (κ1) is 16.3. The van der Waals surface area contributed by atoms with E-state index in [9.17, 15) is 19.2 Å². The van der Waals surface area contributed by atoms with Crippen molar-refractivity contribution in [2.75, 3.05) is 14.1 Å². The number of imide groups is 1. The minimum atomic E-state index is -1.35. The van der Waals surface area contributed by atoms with Gasteiger partial charge in [0.2, 0.25) is 5.91 Å². The predicted octanol–water partition coefficient (Wildman–Crippen LogP) is 0.583. The van der Waals surface area contributed by atoms with Crippen molar-refractivity contribution in [1.82, 2.24) is 20.0 Å². The third-order valence-corrected chi connectivity index (χ3v) is 5.43. The summed E-state index contributed by atoms with van der Waals surface area (Å²) < 4.78 is 0. The van der Waals surface area contributed by atoms with E-state index in [2.05, 4.69) is 5.32 Å². The van der Waals surface area contributed by atoms with Gasteiger partial charge >= 0.3 is 12.1 Å². The number of hydrogen-bond donors (Lipinski definition) is 1. The minimum absolute atomic E-state index is 0.345. The standard InChI is InChI=1S/C14H22N4O4/c1-8(19)12(2,3)9(20)18-11(22)17(7)14(5)13(18,4)15-10(21)16(14)6/h1-7H3,(H,15,21)/t13-,14+/m1/s1. The fourth-order valence-electron chi connectivity index (χ4n) is 3.00.